The average Bonchev–Trinajstić information content (AvgIpc) is 3.27. The van der Waals surface area contributed by atoms with E-state index in [4.69, 9.17) is 44.1 Å². The molecule has 0 heterocycles. The van der Waals surface area contributed by atoms with Crippen molar-refractivity contribution >= 4 is 46.6 Å². The van der Waals surface area contributed by atoms with Crippen molar-refractivity contribution < 1.29 is 19.1 Å². The summed E-state index contributed by atoms with van der Waals surface area (Å²) in [6.07, 6.45) is 0. The number of esters is 2. The molecule has 0 amide bonds. The lowest BCUT2D eigenvalue weighted by atomic mass is 9.98. The molecule has 0 saturated carbocycles. The van der Waals surface area contributed by atoms with Crippen LogP contribution in [0, 0.1) is 5.41 Å². The molecule has 0 aromatic heterocycles. The summed E-state index contributed by atoms with van der Waals surface area (Å²) in [6, 6.07) is 58.6. The Morgan fingerprint density at radius 2 is 0.821 bits per heavy atom. The zero-order chi connectivity index (χ0) is 40.4. The smallest absolute Gasteiger partial charge is 0.315 e. The predicted molar refractivity (Wildman–Crippen MR) is 230 cm³/mol. The molecule has 2 atom stereocenters. The maximum absolute atomic E-state index is 12.3. The van der Waals surface area contributed by atoms with Crippen LogP contribution >= 0.6 is 23.2 Å². The Hall–Kier alpha value is -5.86. The van der Waals surface area contributed by atoms with Crippen LogP contribution in [0.15, 0.2) is 187 Å². The molecule has 288 valence electrons. The Morgan fingerprint density at radius 1 is 0.536 bits per heavy atom. The highest BCUT2D eigenvalue weighted by molar-refractivity contribution is 6.40. The highest BCUT2D eigenvalue weighted by Gasteiger charge is 2.22. The van der Waals surface area contributed by atoms with E-state index in [-0.39, 0.29) is 29.7 Å². The summed E-state index contributed by atoms with van der Waals surface area (Å²) in [5.41, 5.74) is 12.7. The summed E-state index contributed by atoms with van der Waals surface area (Å²) >= 11 is 9.53. The van der Waals surface area contributed by atoms with Gasteiger partial charge >= 0.3 is 11.9 Å². The SMILES string of the molecule is COC(=O)C(CN)c1ccccc1.COC(=O)C(CN=C(c1ccccc1)c1ccccc1)c1ccccc1.ClCCl.N=C(c1ccccc1)c1ccccc1. The number of methoxy groups -OCH3 is 2. The molecule has 0 aliphatic carbocycles. The molecule has 6 aromatic carbocycles. The number of aliphatic imine (C=N–C) groups is 1. The molecule has 0 saturated heterocycles. The second-order valence-corrected chi connectivity index (χ2v) is 12.6. The normalized spacial score (nSPS) is 10.9. The minimum Gasteiger partial charge on any atom is -0.469 e. The summed E-state index contributed by atoms with van der Waals surface area (Å²) in [5, 5.41) is 8.17. The van der Waals surface area contributed by atoms with Crippen LogP contribution in [0.25, 0.3) is 0 Å². The van der Waals surface area contributed by atoms with E-state index in [2.05, 4.69) is 4.74 Å². The fraction of sp³-hybridized carbons (Fsp3) is 0.149. The monoisotopic (exact) mass is 787 g/mol. The number of carbonyl (C=O) groups excluding carboxylic acids is 2. The summed E-state index contributed by atoms with van der Waals surface area (Å²) in [6.45, 7) is 0.604. The second-order valence-electron chi connectivity index (χ2n) is 11.8. The molecule has 0 aliphatic rings. The van der Waals surface area contributed by atoms with Crippen LogP contribution in [0.5, 0.6) is 0 Å². The molecule has 0 fully saturated rings. The Kier molecular flexibility index (Phi) is 20.7. The van der Waals surface area contributed by atoms with E-state index < -0.39 is 5.92 Å². The maximum Gasteiger partial charge on any atom is 0.315 e. The lowest BCUT2D eigenvalue weighted by Gasteiger charge is -2.14. The molecule has 0 radical (unpaired) electrons. The molecule has 0 spiro atoms. The van der Waals surface area contributed by atoms with Gasteiger partial charge in [-0.2, -0.15) is 0 Å². The summed E-state index contributed by atoms with van der Waals surface area (Å²) < 4.78 is 9.64. The van der Waals surface area contributed by atoms with Gasteiger partial charge in [0.15, 0.2) is 0 Å². The molecular weight excluding hydrogens is 741 g/mol. The second kappa shape index (κ2) is 26.0. The number of halogens is 2. The van der Waals surface area contributed by atoms with Crippen LogP contribution in [0.4, 0.5) is 0 Å². The van der Waals surface area contributed by atoms with E-state index in [1.165, 1.54) is 14.2 Å². The van der Waals surface area contributed by atoms with E-state index in [1.54, 1.807) is 0 Å². The Morgan fingerprint density at radius 3 is 1.14 bits per heavy atom. The first-order chi connectivity index (χ1) is 27.4. The van der Waals surface area contributed by atoms with Crippen LogP contribution in [-0.4, -0.2) is 56.0 Å². The first-order valence-electron chi connectivity index (χ1n) is 17.8. The third-order valence-electron chi connectivity index (χ3n) is 8.26. The lowest BCUT2D eigenvalue weighted by molar-refractivity contribution is -0.143. The number of carbonyl (C=O) groups is 2. The predicted octanol–water partition coefficient (Wildman–Crippen LogP) is 9.91. The van der Waals surface area contributed by atoms with Gasteiger partial charge < -0.3 is 15.2 Å². The van der Waals surface area contributed by atoms with Gasteiger partial charge in [0, 0.05) is 17.7 Å². The van der Waals surface area contributed by atoms with Crippen LogP contribution in [0.1, 0.15) is 45.2 Å². The van der Waals surface area contributed by atoms with Gasteiger partial charge in [0.1, 0.15) is 5.92 Å². The fourth-order valence-corrected chi connectivity index (χ4v) is 5.44. The highest BCUT2D eigenvalue weighted by Crippen LogP contribution is 2.20. The quantitative estimate of drug-likeness (QED) is 0.0771. The van der Waals surface area contributed by atoms with Gasteiger partial charge in [0.2, 0.25) is 0 Å². The molecule has 3 N–H and O–H groups in total. The molecule has 7 nitrogen and oxygen atoms in total. The van der Waals surface area contributed by atoms with Gasteiger partial charge in [-0.25, -0.2) is 0 Å². The Bertz CT molecular complexity index is 1940. The number of nitrogens with zero attached hydrogens (tertiary/aromatic N) is 1. The molecule has 0 aliphatic heterocycles. The molecule has 2 unspecified atom stereocenters. The fourth-order valence-electron chi connectivity index (χ4n) is 5.44. The minimum absolute atomic E-state index is 0.194. The molecular formula is C47H47Cl2N3O4. The topological polar surface area (TPSA) is 115 Å². The minimum atomic E-state index is -0.427. The summed E-state index contributed by atoms with van der Waals surface area (Å²) in [5.74, 6) is -1.33. The number of rotatable bonds is 11. The van der Waals surface area contributed by atoms with E-state index in [1.807, 2.05) is 182 Å². The first-order valence-corrected chi connectivity index (χ1v) is 18.9. The van der Waals surface area contributed by atoms with Gasteiger partial charge in [-0.3, -0.25) is 20.0 Å². The Balaban J connectivity index is 0.000000236. The number of hydrogen-bond acceptors (Lipinski definition) is 7. The summed E-state index contributed by atoms with van der Waals surface area (Å²) in [7, 11) is 2.78. The third kappa shape index (κ3) is 14.8. The van der Waals surface area contributed by atoms with Gasteiger partial charge in [-0.05, 0) is 22.3 Å². The van der Waals surface area contributed by atoms with Crippen LogP contribution in [0.2, 0.25) is 0 Å². The lowest BCUT2D eigenvalue weighted by Crippen LogP contribution is -2.22. The van der Waals surface area contributed by atoms with Crippen molar-refractivity contribution in [3.05, 3.63) is 215 Å². The number of hydrogen-bond donors (Lipinski definition) is 2. The highest BCUT2D eigenvalue weighted by atomic mass is 35.5. The molecule has 6 aromatic rings. The number of ether oxygens (including phenoxy) is 2. The zero-order valence-corrected chi connectivity index (χ0v) is 33.0. The molecule has 0 bridgehead atoms. The van der Waals surface area contributed by atoms with Gasteiger partial charge in [0.25, 0.3) is 0 Å². The number of alkyl halides is 2. The number of nitrogens with one attached hydrogen (secondary N) is 1. The van der Waals surface area contributed by atoms with Crippen LogP contribution < -0.4 is 5.73 Å². The molecule has 56 heavy (non-hydrogen) atoms. The largest absolute Gasteiger partial charge is 0.469 e. The number of nitrogens with two attached hydrogens (primary N) is 1. The number of benzene rings is 6. The summed E-state index contributed by atoms with van der Waals surface area (Å²) in [4.78, 5) is 28.4. The average molecular weight is 789 g/mol. The van der Waals surface area contributed by atoms with Crippen molar-refractivity contribution in [2.24, 2.45) is 10.7 Å². The van der Waals surface area contributed by atoms with Gasteiger partial charge in [0.05, 0.1) is 43.4 Å². The van der Waals surface area contributed by atoms with Crippen LogP contribution in [0.3, 0.4) is 0 Å². The van der Waals surface area contributed by atoms with Crippen molar-refractivity contribution in [3.8, 4) is 0 Å². The molecule has 6 rings (SSSR count). The van der Waals surface area contributed by atoms with E-state index in [9.17, 15) is 9.59 Å². The Labute approximate surface area is 340 Å². The standard InChI is InChI=1S/C23H21NO2.C13H11N.C10H13NO2.CH2Cl2/c1-26-23(25)21(18-11-5-2-6-12-18)17-24-22(19-13-7-3-8-14-19)20-15-9-4-10-16-20;14-13(11-7-3-1-4-8-11)12-9-5-2-6-10-12;1-13-10(12)9(7-11)8-5-3-2-4-6-8;2-1-3/h2-16,21H,17H2,1H3;1-10,14H;2-6,9H,7,11H2,1H3;1H2. The van der Waals surface area contributed by atoms with E-state index >= 15 is 0 Å². The first kappa shape index (κ1) is 44.5. The zero-order valence-electron chi connectivity index (χ0n) is 31.5. The van der Waals surface area contributed by atoms with Crippen molar-refractivity contribution in [2.75, 3.05) is 32.6 Å². The van der Waals surface area contributed by atoms with Crippen molar-refractivity contribution in [3.63, 3.8) is 0 Å². The maximum atomic E-state index is 12.3. The van der Waals surface area contributed by atoms with E-state index in [0.717, 1.165) is 39.1 Å². The molecule has 9 heteroatoms. The van der Waals surface area contributed by atoms with Gasteiger partial charge in [-0.15, -0.1) is 23.2 Å². The van der Waals surface area contributed by atoms with E-state index in [0.29, 0.717) is 12.3 Å². The van der Waals surface area contributed by atoms with Crippen molar-refractivity contribution in [2.45, 2.75) is 11.8 Å². The third-order valence-corrected chi connectivity index (χ3v) is 8.26. The van der Waals surface area contributed by atoms with Crippen molar-refractivity contribution in [1.29, 1.82) is 5.41 Å². The van der Waals surface area contributed by atoms with Crippen molar-refractivity contribution in [1.82, 2.24) is 0 Å². The van der Waals surface area contributed by atoms with Crippen LogP contribution in [-0.2, 0) is 19.1 Å². The van der Waals surface area contributed by atoms with Gasteiger partial charge in [-0.1, -0.05) is 182 Å².